The van der Waals surface area contributed by atoms with E-state index in [1.54, 1.807) is 0 Å². The summed E-state index contributed by atoms with van der Waals surface area (Å²) in [6, 6.07) is 5.31. The van der Waals surface area contributed by atoms with Gasteiger partial charge in [0.15, 0.2) is 0 Å². The predicted molar refractivity (Wildman–Crippen MR) is 67.1 cm³/mol. The summed E-state index contributed by atoms with van der Waals surface area (Å²) in [4.78, 5) is 20.8. The topological polar surface area (TPSA) is 77.4 Å². The Balaban J connectivity index is 0. The van der Waals surface area contributed by atoms with Crippen LogP contribution in [0.15, 0.2) is 24.3 Å². The summed E-state index contributed by atoms with van der Waals surface area (Å²) in [6.07, 6.45) is 1.22. The Kier molecular flexibility index (Phi) is 12.7. The third-order valence-electron chi connectivity index (χ3n) is 1.85. The van der Waals surface area contributed by atoms with Crippen LogP contribution in [0.25, 0.3) is 0 Å². The van der Waals surface area contributed by atoms with E-state index in [-0.39, 0.29) is 62.5 Å². The number of benzene rings is 1. The van der Waals surface area contributed by atoms with Crippen LogP contribution in [0.2, 0.25) is 0 Å². The molecule has 0 radical (unpaired) electrons. The average molecular weight is 294 g/mol. The van der Waals surface area contributed by atoms with Crippen LogP contribution in [0.4, 0.5) is 0 Å². The third-order valence-corrected chi connectivity index (χ3v) is 2.79. The fraction of sp³-hybridized carbons (Fsp3) is 0.333. The van der Waals surface area contributed by atoms with Crippen molar-refractivity contribution in [2.24, 2.45) is 5.92 Å². The van der Waals surface area contributed by atoms with Crippen LogP contribution in [-0.2, 0) is 0 Å². The summed E-state index contributed by atoms with van der Waals surface area (Å²) in [5, 5.41) is 18.9. The molecule has 1 unspecified atom stereocenters. The van der Waals surface area contributed by atoms with Gasteiger partial charge in [-0.2, -0.15) is 0 Å². The van der Waals surface area contributed by atoms with Crippen molar-refractivity contribution in [2.45, 2.75) is 13.8 Å². The summed E-state index contributed by atoms with van der Waals surface area (Å²) >= 11 is 0. The molecule has 18 heavy (non-hydrogen) atoms. The molecule has 0 saturated heterocycles. The molecule has 0 amide bonds. The quantitative estimate of drug-likeness (QED) is 0.531. The maximum atomic E-state index is 10.4. The van der Waals surface area contributed by atoms with Gasteiger partial charge in [0.25, 0.3) is 0 Å². The fourth-order valence-corrected chi connectivity index (χ4v) is 0.848. The van der Waals surface area contributed by atoms with Crippen molar-refractivity contribution in [1.29, 1.82) is 0 Å². The Bertz CT molecular complexity index is 360. The largest absolute Gasteiger partial charge is 1.00 e. The zero-order valence-electron chi connectivity index (χ0n) is 10.8. The first-order valence-corrected chi connectivity index (χ1v) is 5.95. The van der Waals surface area contributed by atoms with E-state index in [0.29, 0.717) is 0 Å². The number of rotatable bonds is 3. The molecule has 4 nitrogen and oxygen atoms in total. The SMILES string of the molecule is CC(C)CP.O=C([O-])c1ccccc1C(=O)O.[K+]. The van der Waals surface area contributed by atoms with Gasteiger partial charge in [0, 0.05) is 5.56 Å². The Morgan fingerprint density at radius 3 is 1.89 bits per heavy atom. The van der Waals surface area contributed by atoms with Gasteiger partial charge < -0.3 is 15.0 Å². The Morgan fingerprint density at radius 2 is 1.67 bits per heavy atom. The number of carboxylic acid groups (broad SMARTS) is 2. The molecule has 1 aromatic carbocycles. The fourth-order valence-electron chi connectivity index (χ4n) is 0.848. The van der Waals surface area contributed by atoms with Gasteiger partial charge in [0.05, 0.1) is 11.5 Å². The van der Waals surface area contributed by atoms with Crippen molar-refractivity contribution in [1.82, 2.24) is 0 Å². The first-order chi connectivity index (χ1) is 7.90. The predicted octanol–water partition coefficient (Wildman–Crippen LogP) is -1.73. The number of hydrogen-bond donors (Lipinski definition) is 1. The molecule has 1 rings (SSSR count). The van der Waals surface area contributed by atoms with Crippen LogP contribution in [-0.4, -0.2) is 23.2 Å². The van der Waals surface area contributed by atoms with Crippen molar-refractivity contribution in [2.75, 3.05) is 6.16 Å². The van der Waals surface area contributed by atoms with Crippen molar-refractivity contribution in [3.63, 3.8) is 0 Å². The van der Waals surface area contributed by atoms with Gasteiger partial charge in [0.2, 0.25) is 0 Å². The Labute approximate surface area is 152 Å². The second-order valence-electron chi connectivity index (χ2n) is 3.77. The molecule has 1 atom stereocenters. The standard InChI is InChI=1S/C8H6O4.C4H11P.K/c9-7(10)5-3-1-2-4-6(5)8(11)12;1-4(2)3-5;/h1-4H,(H,9,10)(H,11,12);4H,3,5H2,1-2H3;/q;;+1/p-1. The molecule has 0 saturated carbocycles. The zero-order chi connectivity index (χ0) is 13.4. The van der Waals surface area contributed by atoms with Crippen LogP contribution in [0.5, 0.6) is 0 Å². The maximum absolute atomic E-state index is 10.4. The average Bonchev–Trinajstić information content (AvgIpc) is 2.29. The van der Waals surface area contributed by atoms with Gasteiger partial charge in [-0.1, -0.05) is 32.0 Å². The zero-order valence-corrected chi connectivity index (χ0v) is 15.1. The molecule has 1 N–H and O–H groups in total. The van der Waals surface area contributed by atoms with Crippen molar-refractivity contribution >= 4 is 21.2 Å². The normalized spacial score (nSPS) is 8.89. The van der Waals surface area contributed by atoms with Gasteiger partial charge >= 0.3 is 57.4 Å². The van der Waals surface area contributed by atoms with Crippen LogP contribution in [0.1, 0.15) is 34.6 Å². The minimum absolute atomic E-state index is 0. The smallest absolute Gasteiger partial charge is 0.545 e. The van der Waals surface area contributed by atoms with Gasteiger partial charge in [0.1, 0.15) is 0 Å². The van der Waals surface area contributed by atoms with E-state index in [1.165, 1.54) is 30.4 Å². The molecular weight excluding hydrogens is 278 g/mol. The molecule has 0 bridgehead atoms. The second-order valence-corrected chi connectivity index (χ2v) is 4.24. The molecule has 0 aliphatic heterocycles. The molecule has 0 fully saturated rings. The van der Waals surface area contributed by atoms with Crippen molar-refractivity contribution < 1.29 is 71.2 Å². The molecule has 0 spiro atoms. The van der Waals surface area contributed by atoms with E-state index < -0.39 is 11.9 Å². The summed E-state index contributed by atoms with van der Waals surface area (Å²) < 4.78 is 0. The van der Waals surface area contributed by atoms with Crippen LogP contribution in [0.3, 0.4) is 0 Å². The summed E-state index contributed by atoms with van der Waals surface area (Å²) in [6.45, 7) is 4.40. The van der Waals surface area contributed by atoms with Gasteiger partial charge in [-0.15, -0.1) is 9.24 Å². The molecule has 0 aromatic heterocycles. The van der Waals surface area contributed by atoms with E-state index in [2.05, 4.69) is 23.1 Å². The second kappa shape index (κ2) is 11.1. The minimum Gasteiger partial charge on any atom is -0.545 e. The molecular formula is C12H16KO4P. The molecule has 94 valence electrons. The van der Waals surface area contributed by atoms with Crippen LogP contribution >= 0.6 is 9.24 Å². The molecule has 0 heterocycles. The summed E-state index contributed by atoms with van der Waals surface area (Å²) in [7, 11) is 2.69. The van der Waals surface area contributed by atoms with Crippen molar-refractivity contribution in [3.05, 3.63) is 35.4 Å². The van der Waals surface area contributed by atoms with Crippen LogP contribution in [0, 0.1) is 5.92 Å². The summed E-state index contributed by atoms with van der Waals surface area (Å²) in [5.74, 6) is -1.90. The minimum atomic E-state index is -1.48. The van der Waals surface area contributed by atoms with Gasteiger partial charge in [-0.25, -0.2) is 4.79 Å². The number of carboxylic acids is 2. The van der Waals surface area contributed by atoms with E-state index in [9.17, 15) is 14.7 Å². The Morgan fingerprint density at radius 1 is 1.28 bits per heavy atom. The molecule has 0 aliphatic carbocycles. The maximum Gasteiger partial charge on any atom is 1.00 e. The third kappa shape index (κ3) is 8.35. The van der Waals surface area contributed by atoms with E-state index in [4.69, 9.17) is 5.11 Å². The van der Waals surface area contributed by atoms with E-state index >= 15 is 0 Å². The van der Waals surface area contributed by atoms with E-state index in [0.717, 1.165) is 5.92 Å². The first kappa shape index (κ1) is 20.5. The Hall–Kier alpha value is 0.226. The van der Waals surface area contributed by atoms with E-state index in [1.807, 2.05) is 0 Å². The van der Waals surface area contributed by atoms with Crippen molar-refractivity contribution in [3.8, 4) is 0 Å². The number of hydrogen-bond acceptors (Lipinski definition) is 3. The van der Waals surface area contributed by atoms with Gasteiger partial charge in [-0.3, -0.25) is 0 Å². The van der Waals surface area contributed by atoms with Crippen LogP contribution < -0.4 is 56.5 Å². The monoisotopic (exact) mass is 294 g/mol. The first-order valence-electron chi connectivity index (χ1n) is 5.13. The number of carbonyl (C=O) groups is 2. The summed E-state index contributed by atoms with van der Waals surface area (Å²) in [5.41, 5.74) is -0.553. The number of aromatic carboxylic acids is 2. The molecule has 6 heteroatoms. The van der Waals surface area contributed by atoms with Gasteiger partial charge in [-0.05, 0) is 18.1 Å². The molecule has 0 aliphatic rings. The molecule has 1 aromatic rings. The number of carbonyl (C=O) groups excluding carboxylic acids is 1.